The molecule has 8 nitrogen and oxygen atoms in total. The fourth-order valence-corrected chi connectivity index (χ4v) is 1.56. The minimum Gasteiger partial charge on any atom is -0.402 e. The first kappa shape index (κ1) is 12.1. The molecule has 3 N–H and O–H groups in total. The van der Waals surface area contributed by atoms with Crippen LogP contribution in [0.3, 0.4) is 0 Å². The van der Waals surface area contributed by atoms with Gasteiger partial charge in [-0.15, -0.1) is 5.10 Å². The van der Waals surface area contributed by atoms with E-state index in [1.165, 1.54) is 12.4 Å². The zero-order valence-electron chi connectivity index (χ0n) is 10.3. The van der Waals surface area contributed by atoms with Crippen LogP contribution in [0.25, 0.3) is 5.69 Å². The van der Waals surface area contributed by atoms with Crippen LogP contribution in [-0.2, 0) is 0 Å². The van der Waals surface area contributed by atoms with Gasteiger partial charge < -0.3 is 10.2 Å². The summed E-state index contributed by atoms with van der Waals surface area (Å²) in [6, 6.07) is 9.77. The maximum absolute atomic E-state index is 5.41. The van der Waals surface area contributed by atoms with Gasteiger partial charge in [-0.25, -0.2) is 10.5 Å². The Morgan fingerprint density at radius 3 is 2.80 bits per heavy atom. The van der Waals surface area contributed by atoms with Gasteiger partial charge in [0, 0.05) is 0 Å². The van der Waals surface area contributed by atoms with Crippen LogP contribution in [-0.4, -0.2) is 24.7 Å². The minimum absolute atomic E-state index is 0.178. The molecule has 0 aliphatic carbocycles. The molecule has 0 saturated heterocycles. The van der Waals surface area contributed by atoms with Crippen molar-refractivity contribution in [1.29, 1.82) is 0 Å². The molecule has 0 fully saturated rings. The molecule has 0 amide bonds. The number of hydrogen-bond acceptors (Lipinski definition) is 7. The molecule has 0 spiro atoms. The fraction of sp³-hybridized carbons (Fsp3) is 0. The summed E-state index contributed by atoms with van der Waals surface area (Å²) in [7, 11) is 0. The van der Waals surface area contributed by atoms with Crippen LogP contribution in [0, 0.1) is 0 Å². The smallest absolute Gasteiger partial charge is 0.342 e. The number of anilines is 1. The predicted octanol–water partition coefficient (Wildman–Crippen LogP) is 1.14. The summed E-state index contributed by atoms with van der Waals surface area (Å²) < 4.78 is 7.02. The second-order valence-corrected chi connectivity index (χ2v) is 3.80. The molecule has 0 aliphatic heterocycles. The molecule has 20 heavy (non-hydrogen) atoms. The first-order chi connectivity index (χ1) is 9.85. The lowest BCUT2D eigenvalue weighted by atomic mass is 10.3. The Kier molecular flexibility index (Phi) is 3.21. The number of nitrogen functional groups attached to an aromatic ring is 1. The van der Waals surface area contributed by atoms with Gasteiger partial charge in [0.05, 0.1) is 18.1 Å². The molecule has 1 aromatic carbocycles. The Morgan fingerprint density at radius 2 is 2.00 bits per heavy atom. The highest BCUT2D eigenvalue weighted by atomic mass is 16.5. The highest BCUT2D eigenvalue weighted by Gasteiger charge is 2.06. The van der Waals surface area contributed by atoms with E-state index in [-0.39, 0.29) is 11.9 Å². The lowest BCUT2D eigenvalue weighted by Crippen LogP contribution is -2.09. The number of para-hydroxylation sites is 1. The van der Waals surface area contributed by atoms with Crippen LogP contribution < -0.4 is 16.0 Å². The Morgan fingerprint density at radius 1 is 1.15 bits per heavy atom. The molecule has 8 heteroatoms. The van der Waals surface area contributed by atoms with E-state index in [0.29, 0.717) is 5.82 Å². The summed E-state index contributed by atoms with van der Waals surface area (Å²) >= 11 is 0. The highest BCUT2D eigenvalue weighted by Crippen LogP contribution is 2.16. The largest absolute Gasteiger partial charge is 0.402 e. The standard InChI is InChI=1S/C12H11N7O/c13-17-10-6-14-7-11(16-10)20-12-15-8-19(18-12)9-4-2-1-3-5-9/h1-8H,13H2,(H,16,17). The number of aromatic nitrogens is 5. The molecule has 3 aromatic rings. The van der Waals surface area contributed by atoms with E-state index in [1.807, 2.05) is 30.3 Å². The second-order valence-electron chi connectivity index (χ2n) is 3.80. The number of hydrazine groups is 1. The van der Waals surface area contributed by atoms with Gasteiger partial charge in [0.25, 0.3) is 0 Å². The van der Waals surface area contributed by atoms with E-state index in [4.69, 9.17) is 10.6 Å². The molecule has 0 aliphatic rings. The molecule has 2 aromatic heterocycles. The van der Waals surface area contributed by atoms with Gasteiger partial charge in [-0.2, -0.15) is 9.97 Å². The van der Waals surface area contributed by atoms with E-state index >= 15 is 0 Å². The monoisotopic (exact) mass is 269 g/mol. The van der Waals surface area contributed by atoms with Crippen molar-refractivity contribution in [1.82, 2.24) is 24.7 Å². The van der Waals surface area contributed by atoms with Gasteiger partial charge in [0.2, 0.25) is 5.88 Å². The Bertz CT molecular complexity index is 698. The topological polar surface area (TPSA) is 104 Å². The summed E-state index contributed by atoms with van der Waals surface area (Å²) in [5, 5.41) is 4.20. The predicted molar refractivity (Wildman–Crippen MR) is 71.3 cm³/mol. The molecule has 100 valence electrons. The van der Waals surface area contributed by atoms with Crippen LogP contribution in [0.4, 0.5) is 5.82 Å². The third-order valence-electron chi connectivity index (χ3n) is 2.45. The summed E-state index contributed by atoms with van der Waals surface area (Å²) in [5.41, 5.74) is 3.27. The number of benzene rings is 1. The van der Waals surface area contributed by atoms with Gasteiger partial charge in [-0.3, -0.25) is 4.98 Å². The van der Waals surface area contributed by atoms with Gasteiger partial charge in [0.15, 0.2) is 5.82 Å². The molecule has 0 unspecified atom stereocenters. The molecular weight excluding hydrogens is 258 g/mol. The van der Waals surface area contributed by atoms with Crippen LogP contribution in [0.2, 0.25) is 0 Å². The van der Waals surface area contributed by atoms with Crippen LogP contribution in [0.5, 0.6) is 11.9 Å². The highest BCUT2D eigenvalue weighted by molar-refractivity contribution is 5.32. The second kappa shape index (κ2) is 5.33. The van der Waals surface area contributed by atoms with Crippen molar-refractivity contribution >= 4 is 5.82 Å². The van der Waals surface area contributed by atoms with Crippen LogP contribution in [0.1, 0.15) is 0 Å². The number of nitrogens with zero attached hydrogens (tertiary/aromatic N) is 5. The van der Waals surface area contributed by atoms with E-state index < -0.39 is 0 Å². The Labute approximate surface area is 114 Å². The SMILES string of the molecule is NNc1cncc(Oc2ncn(-c3ccccc3)n2)n1. The first-order valence-corrected chi connectivity index (χ1v) is 5.79. The van der Waals surface area contributed by atoms with Gasteiger partial charge in [0.1, 0.15) is 6.33 Å². The van der Waals surface area contributed by atoms with E-state index in [1.54, 1.807) is 11.0 Å². The lowest BCUT2D eigenvalue weighted by Gasteiger charge is -2.02. The maximum Gasteiger partial charge on any atom is 0.342 e. The fourth-order valence-electron chi connectivity index (χ4n) is 1.56. The summed E-state index contributed by atoms with van der Waals surface area (Å²) in [5.74, 6) is 5.90. The molecule has 2 heterocycles. The number of nitrogens with one attached hydrogen (secondary N) is 1. The zero-order chi connectivity index (χ0) is 13.8. The lowest BCUT2D eigenvalue weighted by molar-refractivity contribution is 0.423. The average Bonchev–Trinajstić information content (AvgIpc) is 2.97. The van der Waals surface area contributed by atoms with Gasteiger partial charge in [-0.1, -0.05) is 18.2 Å². The summed E-state index contributed by atoms with van der Waals surface area (Å²) in [6.07, 6.45) is 4.48. The number of nitrogens with two attached hydrogens (primary N) is 1. The van der Waals surface area contributed by atoms with Crippen molar-refractivity contribution < 1.29 is 4.74 Å². The summed E-state index contributed by atoms with van der Waals surface area (Å²) in [4.78, 5) is 12.0. The summed E-state index contributed by atoms with van der Waals surface area (Å²) in [6.45, 7) is 0. The van der Waals surface area contributed by atoms with Crippen molar-refractivity contribution in [3.8, 4) is 17.6 Å². The third kappa shape index (κ3) is 2.54. The van der Waals surface area contributed by atoms with Crippen molar-refractivity contribution in [3.05, 3.63) is 49.1 Å². The van der Waals surface area contributed by atoms with E-state index in [0.717, 1.165) is 5.69 Å². The molecule has 0 saturated carbocycles. The number of rotatable bonds is 4. The zero-order valence-corrected chi connectivity index (χ0v) is 10.3. The van der Waals surface area contributed by atoms with Crippen molar-refractivity contribution in [2.75, 3.05) is 5.43 Å². The van der Waals surface area contributed by atoms with Crippen molar-refractivity contribution in [3.63, 3.8) is 0 Å². The van der Waals surface area contributed by atoms with Gasteiger partial charge >= 0.3 is 6.01 Å². The molecule has 3 rings (SSSR count). The van der Waals surface area contributed by atoms with Crippen molar-refractivity contribution in [2.45, 2.75) is 0 Å². The van der Waals surface area contributed by atoms with Gasteiger partial charge in [-0.05, 0) is 12.1 Å². The number of ether oxygens (including phenoxy) is 1. The van der Waals surface area contributed by atoms with Crippen LogP contribution >= 0.6 is 0 Å². The quantitative estimate of drug-likeness (QED) is 0.540. The van der Waals surface area contributed by atoms with E-state index in [9.17, 15) is 0 Å². The first-order valence-electron chi connectivity index (χ1n) is 5.79. The Balaban J connectivity index is 1.80. The normalized spacial score (nSPS) is 10.2. The minimum atomic E-state index is 0.178. The van der Waals surface area contributed by atoms with Crippen LogP contribution in [0.15, 0.2) is 49.1 Å². The maximum atomic E-state index is 5.41. The Hall–Kier alpha value is -3.00. The van der Waals surface area contributed by atoms with E-state index in [2.05, 4.69) is 25.5 Å². The van der Waals surface area contributed by atoms with Crippen molar-refractivity contribution in [2.24, 2.45) is 5.84 Å². The number of hydrogen-bond donors (Lipinski definition) is 2. The molecule has 0 atom stereocenters. The molecular formula is C12H11N7O. The molecule has 0 bridgehead atoms. The average molecular weight is 269 g/mol. The third-order valence-corrected chi connectivity index (χ3v) is 2.45. The molecule has 0 radical (unpaired) electrons.